The fourth-order valence-electron chi connectivity index (χ4n) is 2.50. The van der Waals surface area contributed by atoms with Crippen molar-refractivity contribution in [3.8, 4) is 0 Å². The summed E-state index contributed by atoms with van der Waals surface area (Å²) in [6, 6.07) is 5.97. The van der Waals surface area contributed by atoms with E-state index in [2.05, 4.69) is 14.9 Å². The number of alkyl halides is 1. The molecule has 0 bridgehead atoms. The number of H-pyrrole nitrogens is 1. The number of para-hydroxylation sites is 1. The maximum absolute atomic E-state index is 12.7. The zero-order chi connectivity index (χ0) is 12.6. The Morgan fingerprint density at radius 2 is 2.17 bits per heavy atom. The smallest absolute Gasteiger partial charge is 0.118 e. The molecule has 1 aromatic heterocycles. The van der Waals surface area contributed by atoms with E-state index in [1.165, 1.54) is 0 Å². The van der Waals surface area contributed by atoms with Crippen LogP contribution in [0.4, 0.5) is 10.1 Å². The molecule has 2 N–H and O–H groups in total. The lowest BCUT2D eigenvalue weighted by Gasteiger charge is -2.37. The first kappa shape index (κ1) is 11.5. The molecule has 0 radical (unpaired) electrons. The third-order valence-electron chi connectivity index (χ3n) is 3.71. The van der Waals surface area contributed by atoms with Gasteiger partial charge in [0.15, 0.2) is 0 Å². The van der Waals surface area contributed by atoms with Gasteiger partial charge in [0, 0.05) is 13.1 Å². The molecule has 0 amide bonds. The number of halogens is 1. The second-order valence-corrected chi connectivity index (χ2v) is 4.92. The summed E-state index contributed by atoms with van der Waals surface area (Å²) in [5.74, 6) is 0. The first-order valence-electron chi connectivity index (χ1n) is 6.17. The van der Waals surface area contributed by atoms with Crippen LogP contribution in [0.2, 0.25) is 0 Å². The summed E-state index contributed by atoms with van der Waals surface area (Å²) in [5.41, 5.74) is 1.85. The van der Waals surface area contributed by atoms with Crippen molar-refractivity contribution in [1.29, 1.82) is 0 Å². The number of imidazole rings is 1. The number of aromatic amines is 1. The van der Waals surface area contributed by atoms with Crippen molar-refractivity contribution < 1.29 is 9.50 Å². The SMILES string of the molecule is OC1(CF)CCN(c2cccc3[nH]cnc23)CC1. The summed E-state index contributed by atoms with van der Waals surface area (Å²) in [4.78, 5) is 9.56. The Bertz CT molecular complexity index is 546. The van der Waals surface area contributed by atoms with Crippen LogP contribution >= 0.6 is 0 Å². The van der Waals surface area contributed by atoms with Crippen molar-refractivity contribution >= 4 is 16.7 Å². The Balaban J connectivity index is 1.86. The predicted molar refractivity (Wildman–Crippen MR) is 68.5 cm³/mol. The first-order chi connectivity index (χ1) is 8.72. The molecule has 1 aliphatic rings. The second-order valence-electron chi connectivity index (χ2n) is 4.92. The van der Waals surface area contributed by atoms with E-state index in [1.54, 1.807) is 6.33 Å². The first-order valence-corrected chi connectivity index (χ1v) is 6.17. The number of fused-ring (bicyclic) bond motifs is 1. The van der Waals surface area contributed by atoms with Gasteiger partial charge in [0.1, 0.15) is 12.2 Å². The van der Waals surface area contributed by atoms with Crippen LogP contribution in [0.3, 0.4) is 0 Å². The van der Waals surface area contributed by atoms with Crippen LogP contribution in [0.5, 0.6) is 0 Å². The van der Waals surface area contributed by atoms with Crippen molar-refractivity contribution in [1.82, 2.24) is 9.97 Å². The van der Waals surface area contributed by atoms with E-state index in [1.807, 2.05) is 18.2 Å². The van der Waals surface area contributed by atoms with Gasteiger partial charge in [-0.3, -0.25) is 0 Å². The van der Waals surface area contributed by atoms with E-state index in [0.29, 0.717) is 25.9 Å². The quantitative estimate of drug-likeness (QED) is 0.854. The molecule has 1 fully saturated rings. The number of benzene rings is 1. The summed E-state index contributed by atoms with van der Waals surface area (Å²) in [6.45, 7) is 0.659. The third kappa shape index (κ3) is 1.84. The van der Waals surface area contributed by atoms with Crippen LogP contribution < -0.4 is 4.90 Å². The van der Waals surface area contributed by atoms with Gasteiger partial charge in [-0.1, -0.05) is 6.07 Å². The van der Waals surface area contributed by atoms with Crippen molar-refractivity contribution in [2.75, 3.05) is 24.7 Å². The van der Waals surface area contributed by atoms with Gasteiger partial charge in [-0.15, -0.1) is 0 Å². The van der Waals surface area contributed by atoms with Gasteiger partial charge in [0.2, 0.25) is 0 Å². The van der Waals surface area contributed by atoms with Crippen molar-refractivity contribution in [2.24, 2.45) is 0 Å². The molecule has 0 spiro atoms. The fraction of sp³-hybridized carbons (Fsp3) is 0.462. The van der Waals surface area contributed by atoms with Gasteiger partial charge < -0.3 is 15.0 Å². The third-order valence-corrected chi connectivity index (χ3v) is 3.71. The number of hydrogen-bond donors (Lipinski definition) is 2. The summed E-state index contributed by atoms with van der Waals surface area (Å²) in [7, 11) is 0. The van der Waals surface area contributed by atoms with Gasteiger partial charge in [-0.25, -0.2) is 9.37 Å². The molecule has 1 aliphatic heterocycles. The lowest BCUT2D eigenvalue weighted by Crippen LogP contribution is -2.45. The molecule has 0 atom stereocenters. The normalized spacial score (nSPS) is 19.3. The maximum atomic E-state index is 12.7. The Labute approximate surface area is 104 Å². The Hall–Kier alpha value is -1.62. The lowest BCUT2D eigenvalue weighted by atomic mass is 9.92. The number of piperidine rings is 1. The Kier molecular flexibility index (Phi) is 2.70. The molecule has 1 aromatic carbocycles. The molecule has 3 rings (SSSR count). The van der Waals surface area contributed by atoms with Gasteiger partial charge in [-0.2, -0.15) is 0 Å². The van der Waals surface area contributed by atoms with E-state index in [0.717, 1.165) is 16.7 Å². The summed E-state index contributed by atoms with van der Waals surface area (Å²) >= 11 is 0. The highest BCUT2D eigenvalue weighted by Gasteiger charge is 2.32. The van der Waals surface area contributed by atoms with E-state index >= 15 is 0 Å². The standard InChI is InChI=1S/C13H16FN3O/c14-8-13(18)4-6-17(7-5-13)11-3-1-2-10-12(11)16-9-15-10/h1-3,9,18H,4-8H2,(H,15,16). The fourth-order valence-corrected chi connectivity index (χ4v) is 2.50. The van der Waals surface area contributed by atoms with Crippen LogP contribution in [0, 0.1) is 0 Å². The Morgan fingerprint density at radius 1 is 1.39 bits per heavy atom. The van der Waals surface area contributed by atoms with Crippen LogP contribution in [0.15, 0.2) is 24.5 Å². The molecule has 5 heteroatoms. The number of nitrogens with one attached hydrogen (secondary N) is 1. The molecule has 96 valence electrons. The zero-order valence-electron chi connectivity index (χ0n) is 10.1. The van der Waals surface area contributed by atoms with Gasteiger partial charge in [-0.05, 0) is 25.0 Å². The molecule has 0 aliphatic carbocycles. The van der Waals surface area contributed by atoms with E-state index < -0.39 is 12.3 Å². The molecular weight excluding hydrogens is 233 g/mol. The predicted octanol–water partition coefficient (Wildman–Crippen LogP) is 1.86. The topological polar surface area (TPSA) is 52.1 Å². The van der Waals surface area contributed by atoms with Crippen molar-refractivity contribution in [2.45, 2.75) is 18.4 Å². The molecule has 0 unspecified atom stereocenters. The number of rotatable bonds is 2. The minimum Gasteiger partial charge on any atom is -0.387 e. The maximum Gasteiger partial charge on any atom is 0.118 e. The molecule has 18 heavy (non-hydrogen) atoms. The number of hydrogen-bond acceptors (Lipinski definition) is 3. The number of nitrogens with zero attached hydrogens (tertiary/aromatic N) is 2. The van der Waals surface area contributed by atoms with Crippen LogP contribution in [-0.4, -0.2) is 40.4 Å². The molecule has 0 saturated carbocycles. The van der Waals surface area contributed by atoms with Crippen LogP contribution in [0.1, 0.15) is 12.8 Å². The largest absolute Gasteiger partial charge is 0.387 e. The second kappa shape index (κ2) is 4.24. The highest BCUT2D eigenvalue weighted by molar-refractivity contribution is 5.88. The van der Waals surface area contributed by atoms with Gasteiger partial charge in [0.05, 0.1) is 23.1 Å². The highest BCUT2D eigenvalue weighted by atomic mass is 19.1. The minimum atomic E-state index is -1.13. The zero-order valence-corrected chi connectivity index (χ0v) is 10.1. The average Bonchev–Trinajstić information content (AvgIpc) is 2.88. The van der Waals surface area contributed by atoms with E-state index in [4.69, 9.17) is 0 Å². The Morgan fingerprint density at radius 3 is 2.89 bits per heavy atom. The van der Waals surface area contributed by atoms with E-state index in [9.17, 15) is 9.50 Å². The van der Waals surface area contributed by atoms with Crippen molar-refractivity contribution in [3.63, 3.8) is 0 Å². The van der Waals surface area contributed by atoms with Crippen LogP contribution in [0.25, 0.3) is 11.0 Å². The molecular formula is C13H16FN3O. The molecule has 2 aromatic rings. The van der Waals surface area contributed by atoms with Gasteiger partial charge in [0.25, 0.3) is 0 Å². The van der Waals surface area contributed by atoms with Crippen LogP contribution in [-0.2, 0) is 0 Å². The van der Waals surface area contributed by atoms with Crippen molar-refractivity contribution in [3.05, 3.63) is 24.5 Å². The van der Waals surface area contributed by atoms with E-state index in [-0.39, 0.29) is 0 Å². The molecule has 1 saturated heterocycles. The summed E-state index contributed by atoms with van der Waals surface area (Å²) in [5, 5.41) is 9.89. The minimum absolute atomic E-state index is 0.463. The molecule has 4 nitrogen and oxygen atoms in total. The number of aromatic nitrogens is 2. The van der Waals surface area contributed by atoms with Gasteiger partial charge >= 0.3 is 0 Å². The summed E-state index contributed by atoms with van der Waals surface area (Å²) < 4.78 is 12.7. The number of aliphatic hydroxyl groups is 1. The summed E-state index contributed by atoms with van der Waals surface area (Å²) in [6.07, 6.45) is 2.60. The number of anilines is 1. The lowest BCUT2D eigenvalue weighted by molar-refractivity contribution is -0.00600. The highest BCUT2D eigenvalue weighted by Crippen LogP contribution is 2.30. The monoisotopic (exact) mass is 249 g/mol. The average molecular weight is 249 g/mol. The molecule has 2 heterocycles.